The number of hydrogen-bond acceptors (Lipinski definition) is 5. The van der Waals surface area contributed by atoms with Crippen LogP contribution in [0.15, 0.2) is 42.5 Å². The Kier molecular flexibility index (Phi) is 5.08. The first-order chi connectivity index (χ1) is 13.9. The van der Waals surface area contributed by atoms with Crippen molar-refractivity contribution in [2.45, 2.75) is 19.0 Å². The van der Waals surface area contributed by atoms with Gasteiger partial charge >= 0.3 is 12.1 Å². The van der Waals surface area contributed by atoms with Crippen molar-refractivity contribution in [2.24, 2.45) is 5.92 Å². The topological polar surface area (TPSA) is 75.4 Å². The third kappa shape index (κ3) is 4.15. The van der Waals surface area contributed by atoms with Crippen molar-refractivity contribution in [3.05, 3.63) is 42.5 Å². The van der Waals surface area contributed by atoms with Crippen molar-refractivity contribution in [2.75, 3.05) is 25.0 Å². The number of piperidine rings is 1. The zero-order valence-electron chi connectivity index (χ0n) is 15.4. The van der Waals surface area contributed by atoms with Crippen molar-refractivity contribution >= 4 is 17.4 Å². The Hall–Kier alpha value is -3.17. The first-order valence-electron chi connectivity index (χ1n) is 9.29. The molecule has 3 heterocycles. The second kappa shape index (κ2) is 7.69. The quantitative estimate of drug-likeness (QED) is 0.724. The highest BCUT2D eigenvalue weighted by Crippen LogP contribution is 2.24. The molecule has 1 saturated heterocycles. The molecule has 0 spiro atoms. The molecule has 152 valence electrons. The summed E-state index contributed by atoms with van der Waals surface area (Å²) in [7, 11) is 0. The van der Waals surface area contributed by atoms with E-state index in [1.54, 1.807) is 16.6 Å². The van der Waals surface area contributed by atoms with Gasteiger partial charge in [0.15, 0.2) is 11.5 Å². The number of amides is 1. The molecule has 0 atom stereocenters. The lowest BCUT2D eigenvalue weighted by molar-refractivity contribution is -0.186. The average Bonchev–Trinajstić information content (AvgIpc) is 3.15. The summed E-state index contributed by atoms with van der Waals surface area (Å²) in [6.45, 7) is 0.789. The van der Waals surface area contributed by atoms with E-state index < -0.39 is 12.1 Å². The number of fused-ring (bicyclic) bond motifs is 1. The van der Waals surface area contributed by atoms with Crippen LogP contribution in [0.1, 0.15) is 12.8 Å². The molecular formula is C19H19F3N6O. The van der Waals surface area contributed by atoms with Gasteiger partial charge in [0.1, 0.15) is 5.82 Å². The number of nitrogens with zero attached hydrogens (tertiary/aromatic N) is 5. The van der Waals surface area contributed by atoms with Crippen LogP contribution >= 0.6 is 0 Å². The third-order valence-electron chi connectivity index (χ3n) is 5.01. The predicted molar refractivity (Wildman–Crippen MR) is 100 cm³/mol. The number of hydrogen-bond donors (Lipinski definition) is 1. The van der Waals surface area contributed by atoms with E-state index in [9.17, 15) is 18.0 Å². The maximum atomic E-state index is 12.5. The first-order valence-corrected chi connectivity index (χ1v) is 9.29. The van der Waals surface area contributed by atoms with Gasteiger partial charge in [-0.25, -0.2) is 0 Å². The molecule has 1 fully saturated rings. The van der Waals surface area contributed by atoms with Gasteiger partial charge in [-0.05, 0) is 30.9 Å². The number of aromatic nitrogens is 4. The minimum Gasteiger partial charge on any atom is -0.368 e. The van der Waals surface area contributed by atoms with Crippen LogP contribution in [0.25, 0.3) is 17.0 Å². The molecule has 1 aliphatic heterocycles. The molecule has 7 nitrogen and oxygen atoms in total. The van der Waals surface area contributed by atoms with Gasteiger partial charge in [0.05, 0.1) is 0 Å². The summed E-state index contributed by atoms with van der Waals surface area (Å²) in [5.74, 6) is -0.331. The second-order valence-corrected chi connectivity index (χ2v) is 6.99. The molecule has 1 amide bonds. The molecule has 0 saturated carbocycles. The van der Waals surface area contributed by atoms with Crippen LogP contribution in [0.3, 0.4) is 0 Å². The van der Waals surface area contributed by atoms with Crippen LogP contribution in [-0.2, 0) is 4.79 Å². The fourth-order valence-corrected chi connectivity index (χ4v) is 3.42. The molecule has 1 aliphatic rings. The summed E-state index contributed by atoms with van der Waals surface area (Å²) >= 11 is 0. The number of halogens is 3. The van der Waals surface area contributed by atoms with E-state index in [1.165, 1.54) is 0 Å². The Morgan fingerprint density at radius 1 is 1.07 bits per heavy atom. The van der Waals surface area contributed by atoms with Gasteiger partial charge < -0.3 is 10.2 Å². The Labute approximate surface area is 164 Å². The SMILES string of the molecule is O=C(N1CCC(CNc2ccc3nnc(-c4ccccc4)n3n2)CC1)C(F)(F)F. The maximum absolute atomic E-state index is 12.5. The number of likely N-dealkylation sites (tertiary alicyclic amines) is 1. The number of alkyl halides is 3. The molecule has 0 unspecified atom stereocenters. The molecule has 10 heteroatoms. The first kappa shape index (κ1) is 19.2. The summed E-state index contributed by atoms with van der Waals surface area (Å²) < 4.78 is 39.3. The van der Waals surface area contributed by atoms with Crippen LogP contribution in [0.2, 0.25) is 0 Å². The molecular weight excluding hydrogens is 385 g/mol. The van der Waals surface area contributed by atoms with Crippen molar-refractivity contribution in [3.63, 3.8) is 0 Å². The highest BCUT2D eigenvalue weighted by molar-refractivity contribution is 5.81. The molecule has 0 radical (unpaired) electrons. The zero-order valence-corrected chi connectivity index (χ0v) is 15.4. The molecule has 4 rings (SSSR count). The number of benzene rings is 1. The van der Waals surface area contributed by atoms with Crippen molar-refractivity contribution < 1.29 is 18.0 Å². The Morgan fingerprint density at radius 3 is 2.48 bits per heavy atom. The highest BCUT2D eigenvalue weighted by atomic mass is 19.4. The zero-order chi connectivity index (χ0) is 20.4. The fraction of sp³-hybridized carbons (Fsp3) is 0.368. The molecule has 1 aromatic carbocycles. The Balaban J connectivity index is 1.39. The van der Waals surface area contributed by atoms with Gasteiger partial charge in [0.25, 0.3) is 0 Å². The molecule has 2 aromatic heterocycles. The van der Waals surface area contributed by atoms with E-state index in [1.807, 2.05) is 30.3 Å². The van der Waals surface area contributed by atoms with E-state index in [4.69, 9.17) is 0 Å². The van der Waals surface area contributed by atoms with E-state index in [0.29, 0.717) is 36.7 Å². The minimum atomic E-state index is -4.81. The van der Waals surface area contributed by atoms with E-state index >= 15 is 0 Å². The fourth-order valence-electron chi connectivity index (χ4n) is 3.42. The van der Waals surface area contributed by atoms with Crippen molar-refractivity contribution in [1.82, 2.24) is 24.7 Å². The standard InChI is InChI=1S/C19H19F3N6O/c20-19(21,22)18(29)27-10-8-13(9-11-27)12-23-15-6-7-16-24-25-17(28(16)26-15)14-4-2-1-3-5-14/h1-7,13H,8-12H2,(H,23,26). The summed E-state index contributed by atoms with van der Waals surface area (Å²) in [4.78, 5) is 12.2. The van der Waals surface area contributed by atoms with E-state index in [0.717, 1.165) is 10.5 Å². The molecule has 1 N–H and O–H groups in total. The lowest BCUT2D eigenvalue weighted by Crippen LogP contribution is -2.46. The summed E-state index contributed by atoms with van der Waals surface area (Å²) in [6.07, 6.45) is -3.78. The van der Waals surface area contributed by atoms with Crippen LogP contribution in [0, 0.1) is 5.92 Å². The smallest absolute Gasteiger partial charge is 0.368 e. The summed E-state index contributed by atoms with van der Waals surface area (Å²) in [5.41, 5.74) is 1.51. The normalized spacial score (nSPS) is 15.6. The Bertz CT molecular complexity index is 996. The third-order valence-corrected chi connectivity index (χ3v) is 5.01. The van der Waals surface area contributed by atoms with Crippen LogP contribution < -0.4 is 5.32 Å². The number of carbonyl (C=O) groups excluding carboxylic acids is 1. The van der Waals surface area contributed by atoms with E-state index in [-0.39, 0.29) is 19.0 Å². The van der Waals surface area contributed by atoms with Gasteiger partial charge in [-0.15, -0.1) is 15.3 Å². The van der Waals surface area contributed by atoms with Crippen molar-refractivity contribution in [1.29, 1.82) is 0 Å². The van der Waals surface area contributed by atoms with Crippen LogP contribution in [-0.4, -0.2) is 56.4 Å². The molecule has 0 bridgehead atoms. The maximum Gasteiger partial charge on any atom is 0.471 e. The van der Waals surface area contributed by atoms with E-state index in [2.05, 4.69) is 20.6 Å². The van der Waals surface area contributed by atoms with Crippen LogP contribution in [0.5, 0.6) is 0 Å². The Morgan fingerprint density at radius 2 is 1.79 bits per heavy atom. The predicted octanol–water partition coefficient (Wildman–Crippen LogP) is 3.00. The van der Waals surface area contributed by atoms with Gasteiger partial charge in [-0.2, -0.15) is 17.7 Å². The largest absolute Gasteiger partial charge is 0.471 e. The number of carbonyl (C=O) groups is 1. The number of rotatable bonds is 4. The molecule has 3 aromatic rings. The van der Waals surface area contributed by atoms with Crippen LogP contribution in [0.4, 0.5) is 19.0 Å². The molecule has 29 heavy (non-hydrogen) atoms. The highest BCUT2D eigenvalue weighted by Gasteiger charge is 2.43. The summed E-state index contributed by atoms with van der Waals surface area (Å²) in [5, 5.41) is 16.1. The number of anilines is 1. The lowest BCUT2D eigenvalue weighted by atomic mass is 9.96. The summed E-state index contributed by atoms with van der Waals surface area (Å²) in [6, 6.07) is 13.2. The van der Waals surface area contributed by atoms with Gasteiger partial charge in [0, 0.05) is 25.2 Å². The van der Waals surface area contributed by atoms with Gasteiger partial charge in [-0.1, -0.05) is 30.3 Å². The molecule has 0 aliphatic carbocycles. The van der Waals surface area contributed by atoms with Crippen molar-refractivity contribution in [3.8, 4) is 11.4 Å². The monoisotopic (exact) mass is 404 g/mol. The second-order valence-electron chi connectivity index (χ2n) is 6.99. The van der Waals surface area contributed by atoms with Gasteiger partial charge in [0.2, 0.25) is 0 Å². The number of nitrogens with one attached hydrogen (secondary N) is 1. The van der Waals surface area contributed by atoms with Gasteiger partial charge in [-0.3, -0.25) is 4.79 Å². The lowest BCUT2D eigenvalue weighted by Gasteiger charge is -2.32. The minimum absolute atomic E-state index is 0.112. The average molecular weight is 404 g/mol.